The Morgan fingerprint density at radius 2 is 1.69 bits per heavy atom. The van der Waals surface area contributed by atoms with E-state index in [1.54, 1.807) is 36.4 Å². The molecule has 2 aromatic carbocycles. The van der Waals surface area contributed by atoms with E-state index in [1.165, 1.54) is 16.4 Å². The van der Waals surface area contributed by atoms with Crippen LogP contribution in [0.1, 0.15) is 24.8 Å². The SMILES string of the molecule is O=C(CCc1ccc(S(=O)(=O)N2CCCC2)cc1)Nc1ccccc1F. The van der Waals surface area contributed by atoms with Gasteiger partial charge in [0.25, 0.3) is 0 Å². The fourth-order valence-corrected chi connectivity index (χ4v) is 4.46. The molecule has 0 saturated carbocycles. The zero-order chi connectivity index (χ0) is 18.6. The number of aryl methyl sites for hydroxylation is 1. The second-order valence-corrected chi connectivity index (χ2v) is 8.22. The highest BCUT2D eigenvalue weighted by molar-refractivity contribution is 7.89. The fraction of sp³-hybridized carbons (Fsp3) is 0.316. The minimum Gasteiger partial charge on any atom is -0.324 e. The van der Waals surface area contributed by atoms with Gasteiger partial charge >= 0.3 is 0 Å². The van der Waals surface area contributed by atoms with Gasteiger partial charge in [0.2, 0.25) is 15.9 Å². The summed E-state index contributed by atoms with van der Waals surface area (Å²) in [5, 5.41) is 2.54. The van der Waals surface area contributed by atoms with E-state index in [2.05, 4.69) is 5.32 Å². The summed E-state index contributed by atoms with van der Waals surface area (Å²) in [7, 11) is -3.42. The number of hydrogen-bond acceptors (Lipinski definition) is 3. The molecule has 1 fully saturated rings. The molecule has 1 amide bonds. The molecule has 3 rings (SSSR count). The first-order chi connectivity index (χ1) is 12.5. The summed E-state index contributed by atoms with van der Waals surface area (Å²) in [6, 6.07) is 12.6. The molecule has 1 aliphatic heterocycles. The van der Waals surface area contributed by atoms with E-state index in [0.29, 0.717) is 19.5 Å². The normalized spacial score (nSPS) is 15.1. The molecule has 2 aromatic rings. The third kappa shape index (κ3) is 4.28. The Bertz CT molecular complexity index is 876. The first-order valence-electron chi connectivity index (χ1n) is 8.60. The lowest BCUT2D eigenvalue weighted by atomic mass is 10.1. The summed E-state index contributed by atoms with van der Waals surface area (Å²) in [6.07, 6.45) is 2.43. The number of para-hydroxylation sites is 1. The third-order valence-corrected chi connectivity index (χ3v) is 6.33. The van der Waals surface area contributed by atoms with Crippen LogP contribution >= 0.6 is 0 Å². The van der Waals surface area contributed by atoms with E-state index in [9.17, 15) is 17.6 Å². The molecule has 1 saturated heterocycles. The number of anilines is 1. The van der Waals surface area contributed by atoms with E-state index in [4.69, 9.17) is 0 Å². The van der Waals surface area contributed by atoms with Crippen LogP contribution in [0.25, 0.3) is 0 Å². The molecule has 26 heavy (non-hydrogen) atoms. The zero-order valence-corrected chi connectivity index (χ0v) is 15.1. The van der Waals surface area contributed by atoms with Crippen molar-refractivity contribution in [1.82, 2.24) is 4.31 Å². The standard InChI is InChI=1S/C19H21FN2O3S/c20-17-5-1-2-6-18(17)21-19(23)12-9-15-7-10-16(11-8-15)26(24,25)22-13-3-4-14-22/h1-2,5-8,10-11H,3-4,9,12-14H2,(H,21,23). The first kappa shape index (κ1) is 18.5. The third-order valence-electron chi connectivity index (χ3n) is 4.41. The number of hydrogen-bond donors (Lipinski definition) is 1. The van der Waals surface area contributed by atoms with Crippen LogP contribution in [0.2, 0.25) is 0 Å². The van der Waals surface area contributed by atoms with Gasteiger partial charge in [-0.25, -0.2) is 12.8 Å². The van der Waals surface area contributed by atoms with Gasteiger partial charge in [-0.05, 0) is 49.1 Å². The number of rotatable bonds is 6. The van der Waals surface area contributed by atoms with E-state index in [0.717, 1.165) is 18.4 Å². The Morgan fingerprint density at radius 1 is 1.04 bits per heavy atom. The van der Waals surface area contributed by atoms with Gasteiger partial charge in [-0.3, -0.25) is 4.79 Å². The van der Waals surface area contributed by atoms with Gasteiger partial charge in [-0.2, -0.15) is 4.31 Å². The van der Waals surface area contributed by atoms with Crippen molar-refractivity contribution >= 4 is 21.6 Å². The van der Waals surface area contributed by atoms with Gasteiger partial charge in [0.05, 0.1) is 10.6 Å². The second-order valence-electron chi connectivity index (χ2n) is 6.28. The predicted octanol–water partition coefficient (Wildman–Crippen LogP) is 3.18. The highest BCUT2D eigenvalue weighted by Gasteiger charge is 2.26. The Hall–Kier alpha value is -2.25. The van der Waals surface area contributed by atoms with E-state index in [1.807, 2.05) is 0 Å². The van der Waals surface area contributed by atoms with Crippen molar-refractivity contribution in [3.05, 3.63) is 59.9 Å². The molecular formula is C19H21FN2O3S. The number of halogens is 1. The van der Waals surface area contributed by atoms with Crippen molar-refractivity contribution in [2.75, 3.05) is 18.4 Å². The molecule has 0 aliphatic carbocycles. The van der Waals surface area contributed by atoms with Crippen LogP contribution in [-0.4, -0.2) is 31.7 Å². The minimum atomic E-state index is -3.42. The summed E-state index contributed by atoms with van der Waals surface area (Å²) < 4.78 is 40.0. The quantitative estimate of drug-likeness (QED) is 0.842. The fourth-order valence-electron chi connectivity index (χ4n) is 2.94. The van der Waals surface area contributed by atoms with Crippen molar-refractivity contribution < 1.29 is 17.6 Å². The highest BCUT2D eigenvalue weighted by atomic mass is 32.2. The van der Waals surface area contributed by atoms with Crippen LogP contribution in [0.3, 0.4) is 0 Å². The molecule has 0 unspecified atom stereocenters. The smallest absolute Gasteiger partial charge is 0.243 e. The molecule has 138 valence electrons. The van der Waals surface area contributed by atoms with Crippen LogP contribution in [-0.2, 0) is 21.2 Å². The topological polar surface area (TPSA) is 66.5 Å². The Morgan fingerprint density at radius 3 is 2.35 bits per heavy atom. The van der Waals surface area contributed by atoms with Crippen LogP contribution in [0.5, 0.6) is 0 Å². The van der Waals surface area contributed by atoms with Gasteiger partial charge in [-0.1, -0.05) is 24.3 Å². The van der Waals surface area contributed by atoms with Crippen molar-refractivity contribution in [1.29, 1.82) is 0 Å². The molecule has 1 aliphatic rings. The molecule has 1 heterocycles. The summed E-state index contributed by atoms with van der Waals surface area (Å²) in [6.45, 7) is 1.14. The van der Waals surface area contributed by atoms with E-state index >= 15 is 0 Å². The number of benzene rings is 2. The number of carbonyl (C=O) groups is 1. The van der Waals surface area contributed by atoms with Crippen LogP contribution < -0.4 is 5.32 Å². The maximum Gasteiger partial charge on any atom is 0.243 e. The highest BCUT2D eigenvalue weighted by Crippen LogP contribution is 2.21. The Kier molecular flexibility index (Phi) is 5.68. The van der Waals surface area contributed by atoms with Crippen LogP contribution in [0, 0.1) is 5.82 Å². The molecule has 7 heteroatoms. The number of carbonyl (C=O) groups excluding carboxylic acids is 1. The number of nitrogens with one attached hydrogen (secondary N) is 1. The van der Waals surface area contributed by atoms with Gasteiger partial charge in [-0.15, -0.1) is 0 Å². The maximum absolute atomic E-state index is 13.5. The summed E-state index contributed by atoms with van der Waals surface area (Å²) in [5.74, 6) is -0.763. The van der Waals surface area contributed by atoms with Gasteiger partial charge in [0.1, 0.15) is 5.82 Å². The summed E-state index contributed by atoms with van der Waals surface area (Å²) in [4.78, 5) is 12.2. The predicted molar refractivity (Wildman–Crippen MR) is 97.8 cm³/mol. The second kappa shape index (κ2) is 7.97. The lowest BCUT2D eigenvalue weighted by Crippen LogP contribution is -2.27. The lowest BCUT2D eigenvalue weighted by molar-refractivity contribution is -0.116. The maximum atomic E-state index is 13.5. The average Bonchev–Trinajstić information content (AvgIpc) is 3.18. The van der Waals surface area contributed by atoms with E-state index < -0.39 is 15.8 Å². The average molecular weight is 376 g/mol. The monoisotopic (exact) mass is 376 g/mol. The molecule has 5 nitrogen and oxygen atoms in total. The summed E-state index contributed by atoms with van der Waals surface area (Å²) in [5.41, 5.74) is 1.01. The number of nitrogens with zero attached hydrogens (tertiary/aromatic N) is 1. The molecule has 0 bridgehead atoms. The largest absolute Gasteiger partial charge is 0.324 e. The van der Waals surface area contributed by atoms with Gasteiger partial charge < -0.3 is 5.32 Å². The molecule has 0 spiro atoms. The first-order valence-corrected chi connectivity index (χ1v) is 10.0. The molecular weight excluding hydrogens is 355 g/mol. The summed E-state index contributed by atoms with van der Waals surface area (Å²) >= 11 is 0. The Balaban J connectivity index is 1.57. The van der Waals surface area contributed by atoms with E-state index in [-0.39, 0.29) is 22.9 Å². The van der Waals surface area contributed by atoms with Gasteiger partial charge in [0.15, 0.2) is 0 Å². The van der Waals surface area contributed by atoms with Crippen LogP contribution in [0.15, 0.2) is 53.4 Å². The molecule has 0 radical (unpaired) electrons. The van der Waals surface area contributed by atoms with Crippen molar-refractivity contribution in [2.24, 2.45) is 0 Å². The number of sulfonamides is 1. The van der Waals surface area contributed by atoms with Crippen molar-refractivity contribution in [3.63, 3.8) is 0 Å². The Labute approximate surface area is 152 Å². The van der Waals surface area contributed by atoms with Crippen molar-refractivity contribution in [3.8, 4) is 0 Å². The number of amides is 1. The minimum absolute atomic E-state index is 0.157. The lowest BCUT2D eigenvalue weighted by Gasteiger charge is -2.15. The molecule has 1 N–H and O–H groups in total. The van der Waals surface area contributed by atoms with Gasteiger partial charge in [0, 0.05) is 19.5 Å². The van der Waals surface area contributed by atoms with Crippen LogP contribution in [0.4, 0.5) is 10.1 Å². The van der Waals surface area contributed by atoms with Crippen molar-refractivity contribution in [2.45, 2.75) is 30.6 Å². The molecule has 0 aromatic heterocycles. The zero-order valence-electron chi connectivity index (χ0n) is 14.3. The molecule has 0 atom stereocenters.